The quantitative estimate of drug-likeness (QED) is 0.545. The van der Waals surface area contributed by atoms with Crippen molar-refractivity contribution in [2.75, 3.05) is 44.5 Å². The fraction of sp³-hybridized carbons (Fsp3) is 0.550. The van der Waals surface area contributed by atoms with E-state index in [2.05, 4.69) is 15.1 Å². The minimum Gasteiger partial charge on any atom is -0.492 e. The molecule has 0 spiro atoms. The maximum absolute atomic E-state index is 12.7. The maximum atomic E-state index is 12.7. The standard InChI is InChI=1S/C20H26N6O3/c1-22-10-15(23-2)12-8-9-24(11-12)16-7-6-14-17(18(16)29-3)25(13-4-5-13)20(28)26(21)19(14)27/h6-7,12-13,15,23H,4-5,8-11,21H2,2-3H3. The summed E-state index contributed by atoms with van der Waals surface area (Å²) in [7, 11) is 3.46. The number of ether oxygens (including phenoxy) is 1. The van der Waals surface area contributed by atoms with Crippen LogP contribution in [0.4, 0.5) is 5.69 Å². The highest BCUT2D eigenvalue weighted by Crippen LogP contribution is 2.42. The zero-order valence-corrected chi connectivity index (χ0v) is 16.7. The first-order valence-electron chi connectivity index (χ1n) is 9.90. The topological polar surface area (TPSA) is 98.9 Å². The van der Waals surface area contributed by atoms with Gasteiger partial charge in [-0.05, 0) is 38.4 Å². The molecule has 2 aromatic rings. The number of hydrogen-bond donors (Lipinski definition) is 2. The highest BCUT2D eigenvalue weighted by atomic mass is 16.5. The lowest BCUT2D eigenvalue weighted by Crippen LogP contribution is -2.44. The van der Waals surface area contributed by atoms with E-state index in [-0.39, 0.29) is 12.1 Å². The Kier molecular flexibility index (Phi) is 4.96. The molecule has 4 rings (SSSR count). The highest BCUT2D eigenvalue weighted by molar-refractivity contribution is 5.90. The van der Waals surface area contributed by atoms with Gasteiger partial charge in [-0.1, -0.05) is 0 Å². The minimum atomic E-state index is -0.515. The van der Waals surface area contributed by atoms with E-state index in [1.54, 1.807) is 17.7 Å². The average molecular weight is 398 g/mol. The molecule has 9 heteroatoms. The van der Waals surface area contributed by atoms with Crippen molar-refractivity contribution >= 4 is 16.6 Å². The molecular formula is C20H26N6O3. The number of likely N-dealkylation sites (N-methyl/N-ethyl adjacent to an activating group) is 1. The lowest BCUT2D eigenvalue weighted by atomic mass is 9.99. The van der Waals surface area contributed by atoms with Crippen LogP contribution in [0.5, 0.6) is 5.75 Å². The first-order valence-corrected chi connectivity index (χ1v) is 9.90. The van der Waals surface area contributed by atoms with E-state index in [0.717, 1.165) is 38.0 Å². The maximum Gasteiger partial charge on any atom is 0.350 e. The molecule has 2 unspecified atom stereocenters. The number of nitrogen functional groups attached to an aromatic ring is 1. The highest BCUT2D eigenvalue weighted by Gasteiger charge is 2.34. The smallest absolute Gasteiger partial charge is 0.350 e. The lowest BCUT2D eigenvalue weighted by molar-refractivity contribution is 0.412. The van der Waals surface area contributed by atoms with Crippen LogP contribution in [0.15, 0.2) is 21.7 Å². The van der Waals surface area contributed by atoms with Gasteiger partial charge in [0, 0.05) is 25.0 Å². The summed E-state index contributed by atoms with van der Waals surface area (Å²) in [5.74, 6) is 6.63. The number of nitrogens with one attached hydrogen (secondary N) is 1. The molecule has 1 aromatic heterocycles. The molecule has 29 heavy (non-hydrogen) atoms. The third-order valence-electron chi connectivity index (χ3n) is 6.12. The number of anilines is 1. The molecule has 1 aromatic carbocycles. The van der Waals surface area contributed by atoms with Gasteiger partial charge in [-0.3, -0.25) is 9.36 Å². The van der Waals surface area contributed by atoms with Gasteiger partial charge in [-0.25, -0.2) is 11.4 Å². The summed E-state index contributed by atoms with van der Waals surface area (Å²) >= 11 is 0. The van der Waals surface area contributed by atoms with E-state index in [1.807, 2.05) is 13.1 Å². The number of nitrogens with two attached hydrogens (primary N) is 1. The predicted octanol–water partition coefficient (Wildman–Crippen LogP) is 0.554. The first kappa shape index (κ1) is 19.3. The second-order valence-electron chi connectivity index (χ2n) is 7.80. The van der Waals surface area contributed by atoms with E-state index in [0.29, 0.717) is 33.8 Å². The Balaban J connectivity index is 1.82. The van der Waals surface area contributed by atoms with Gasteiger partial charge in [-0.15, -0.1) is 0 Å². The number of fused-ring (bicyclic) bond motifs is 1. The Bertz CT molecular complexity index is 1090. The van der Waals surface area contributed by atoms with Gasteiger partial charge < -0.3 is 25.6 Å². The number of methoxy groups -OCH3 is 1. The number of aromatic nitrogens is 2. The monoisotopic (exact) mass is 398 g/mol. The third kappa shape index (κ3) is 3.13. The van der Waals surface area contributed by atoms with Gasteiger partial charge in [-0.2, -0.15) is 4.68 Å². The average Bonchev–Trinajstić information content (AvgIpc) is 3.45. The van der Waals surface area contributed by atoms with Crippen LogP contribution in [-0.2, 0) is 0 Å². The van der Waals surface area contributed by atoms with E-state index in [4.69, 9.17) is 17.2 Å². The molecule has 1 saturated carbocycles. The van der Waals surface area contributed by atoms with Crippen molar-refractivity contribution in [3.05, 3.63) is 44.4 Å². The molecule has 0 bridgehead atoms. The minimum absolute atomic E-state index is 0.0446. The fourth-order valence-electron chi connectivity index (χ4n) is 4.43. The van der Waals surface area contributed by atoms with Crippen LogP contribution in [0.25, 0.3) is 15.7 Å². The van der Waals surface area contributed by atoms with E-state index >= 15 is 0 Å². The van der Waals surface area contributed by atoms with Crippen molar-refractivity contribution < 1.29 is 4.74 Å². The van der Waals surface area contributed by atoms with Crippen LogP contribution in [0, 0.1) is 12.5 Å². The second kappa shape index (κ2) is 7.44. The molecule has 1 aliphatic carbocycles. The Morgan fingerprint density at radius 2 is 2.10 bits per heavy atom. The van der Waals surface area contributed by atoms with Crippen LogP contribution < -0.4 is 32.0 Å². The summed E-state index contributed by atoms with van der Waals surface area (Å²) in [4.78, 5) is 31.1. The molecule has 3 N–H and O–H groups in total. The Morgan fingerprint density at radius 3 is 2.72 bits per heavy atom. The molecule has 2 heterocycles. The molecule has 154 valence electrons. The number of hydrogen-bond acceptors (Lipinski definition) is 6. The molecule has 2 atom stereocenters. The summed E-state index contributed by atoms with van der Waals surface area (Å²) in [5.41, 5.74) is 0.368. The summed E-state index contributed by atoms with van der Waals surface area (Å²) in [6.07, 6.45) is 2.72. The van der Waals surface area contributed by atoms with Crippen molar-refractivity contribution in [1.82, 2.24) is 14.6 Å². The van der Waals surface area contributed by atoms with Crippen LogP contribution >= 0.6 is 0 Å². The first-order chi connectivity index (χ1) is 14.0. The number of benzene rings is 1. The van der Waals surface area contributed by atoms with Crippen LogP contribution in [-0.4, -0.2) is 49.1 Å². The normalized spacial score (nSPS) is 20.0. The Labute approximate surface area is 168 Å². The Hall–Kier alpha value is -2.99. The molecule has 0 amide bonds. The SMILES string of the molecule is [C-]#[N+]CC(NC)C1CCN(c2ccc3c(=O)n(N)c(=O)n(C4CC4)c3c2OC)C1. The van der Waals surface area contributed by atoms with Crippen molar-refractivity contribution in [1.29, 1.82) is 0 Å². The van der Waals surface area contributed by atoms with Crippen molar-refractivity contribution in [3.63, 3.8) is 0 Å². The molecule has 2 fully saturated rings. The van der Waals surface area contributed by atoms with Gasteiger partial charge >= 0.3 is 5.69 Å². The van der Waals surface area contributed by atoms with Crippen molar-refractivity contribution in [2.45, 2.75) is 31.3 Å². The lowest BCUT2D eigenvalue weighted by Gasteiger charge is -2.25. The fourth-order valence-corrected chi connectivity index (χ4v) is 4.43. The number of nitrogens with zero attached hydrogens (tertiary/aromatic N) is 4. The largest absolute Gasteiger partial charge is 0.492 e. The van der Waals surface area contributed by atoms with Gasteiger partial charge in [0.25, 0.3) is 5.56 Å². The second-order valence-corrected chi connectivity index (χ2v) is 7.80. The molecule has 1 saturated heterocycles. The number of rotatable bonds is 6. The predicted molar refractivity (Wildman–Crippen MR) is 112 cm³/mol. The molecular weight excluding hydrogens is 372 g/mol. The summed E-state index contributed by atoms with van der Waals surface area (Å²) in [6, 6.07) is 3.79. The zero-order valence-electron chi connectivity index (χ0n) is 16.7. The van der Waals surface area contributed by atoms with Gasteiger partial charge in [0.15, 0.2) is 5.75 Å². The van der Waals surface area contributed by atoms with Gasteiger partial charge in [0.1, 0.15) is 5.52 Å². The summed E-state index contributed by atoms with van der Waals surface area (Å²) < 4.78 is 8.06. The summed E-state index contributed by atoms with van der Waals surface area (Å²) in [6.45, 7) is 9.22. The van der Waals surface area contributed by atoms with E-state index < -0.39 is 11.2 Å². The van der Waals surface area contributed by atoms with Crippen molar-refractivity contribution in [3.8, 4) is 5.75 Å². The molecule has 0 radical (unpaired) electrons. The van der Waals surface area contributed by atoms with Gasteiger partial charge in [0.05, 0.1) is 24.2 Å². The molecule has 1 aliphatic heterocycles. The van der Waals surface area contributed by atoms with Crippen LogP contribution in [0.3, 0.4) is 0 Å². The van der Waals surface area contributed by atoms with Gasteiger partial charge in [0.2, 0.25) is 6.54 Å². The third-order valence-corrected chi connectivity index (χ3v) is 6.12. The Morgan fingerprint density at radius 1 is 1.34 bits per heavy atom. The molecule has 2 aliphatic rings. The van der Waals surface area contributed by atoms with Crippen LogP contribution in [0.2, 0.25) is 0 Å². The van der Waals surface area contributed by atoms with E-state index in [1.165, 1.54) is 0 Å². The van der Waals surface area contributed by atoms with E-state index in [9.17, 15) is 9.59 Å². The van der Waals surface area contributed by atoms with Crippen molar-refractivity contribution in [2.24, 2.45) is 5.92 Å². The zero-order chi connectivity index (χ0) is 20.7. The molecule has 9 nitrogen and oxygen atoms in total. The summed E-state index contributed by atoms with van der Waals surface area (Å²) in [5, 5.41) is 3.64. The van der Waals surface area contributed by atoms with Crippen LogP contribution in [0.1, 0.15) is 25.3 Å².